The maximum atomic E-state index is 13.2. The van der Waals surface area contributed by atoms with E-state index in [0.717, 1.165) is 22.7 Å². The van der Waals surface area contributed by atoms with Gasteiger partial charge in [0.25, 0.3) is 5.91 Å². The summed E-state index contributed by atoms with van der Waals surface area (Å²) < 4.78 is 70.0. The second kappa shape index (κ2) is 9.79. The quantitative estimate of drug-likeness (QED) is 0.679. The van der Waals surface area contributed by atoms with Crippen molar-refractivity contribution in [2.24, 2.45) is 0 Å². The van der Waals surface area contributed by atoms with Crippen LogP contribution in [-0.4, -0.2) is 64.2 Å². The highest BCUT2D eigenvalue weighted by Gasteiger charge is 2.34. The van der Waals surface area contributed by atoms with Crippen LogP contribution in [0.15, 0.2) is 48.5 Å². The van der Waals surface area contributed by atoms with Crippen LogP contribution in [0, 0.1) is 0 Å². The zero-order chi connectivity index (χ0) is 24.2. The summed E-state index contributed by atoms with van der Waals surface area (Å²) >= 11 is 0. The van der Waals surface area contributed by atoms with Gasteiger partial charge in [0.1, 0.15) is 6.54 Å². The number of hydrogen-bond acceptors (Lipinski definition) is 5. The third-order valence-electron chi connectivity index (χ3n) is 4.89. The monoisotopic (exact) mass is 485 g/mol. The first-order chi connectivity index (χ1) is 15.5. The minimum atomic E-state index is -4.69. The van der Waals surface area contributed by atoms with Crippen LogP contribution < -0.4 is 9.62 Å². The van der Waals surface area contributed by atoms with Crippen LogP contribution in [0.25, 0.3) is 0 Å². The van der Waals surface area contributed by atoms with Crippen molar-refractivity contribution in [3.8, 4) is 0 Å². The van der Waals surface area contributed by atoms with E-state index in [-0.39, 0.29) is 11.6 Å². The summed E-state index contributed by atoms with van der Waals surface area (Å²) in [5.41, 5.74) is -1.10. The Morgan fingerprint density at radius 1 is 1.06 bits per heavy atom. The maximum absolute atomic E-state index is 13.2. The van der Waals surface area contributed by atoms with E-state index in [1.807, 2.05) is 0 Å². The van der Waals surface area contributed by atoms with Crippen LogP contribution in [0.2, 0.25) is 0 Å². The van der Waals surface area contributed by atoms with Gasteiger partial charge >= 0.3 is 6.18 Å². The first kappa shape index (κ1) is 24.5. The van der Waals surface area contributed by atoms with Crippen molar-refractivity contribution >= 4 is 33.2 Å². The third kappa shape index (κ3) is 6.23. The highest BCUT2D eigenvalue weighted by Crippen LogP contribution is 2.34. The topological polar surface area (TPSA) is 96.0 Å². The van der Waals surface area contributed by atoms with Crippen molar-refractivity contribution in [3.05, 3.63) is 59.7 Å². The van der Waals surface area contributed by atoms with E-state index < -0.39 is 39.9 Å². The molecule has 2 aromatic carbocycles. The van der Waals surface area contributed by atoms with Crippen molar-refractivity contribution in [3.63, 3.8) is 0 Å². The van der Waals surface area contributed by atoms with Crippen molar-refractivity contribution in [1.29, 1.82) is 0 Å². The lowest BCUT2D eigenvalue weighted by molar-refractivity contribution is -0.137. The smallest absolute Gasteiger partial charge is 0.378 e. The van der Waals surface area contributed by atoms with Gasteiger partial charge in [0.05, 0.1) is 36.4 Å². The number of hydrogen-bond donors (Lipinski definition) is 1. The molecule has 1 heterocycles. The highest BCUT2D eigenvalue weighted by atomic mass is 32.2. The summed E-state index contributed by atoms with van der Waals surface area (Å²) in [6.45, 7) is 0.990. The van der Waals surface area contributed by atoms with Crippen molar-refractivity contribution in [2.45, 2.75) is 6.18 Å². The lowest BCUT2D eigenvalue weighted by Crippen LogP contribution is -2.40. The average molecular weight is 485 g/mol. The molecule has 2 aromatic rings. The summed E-state index contributed by atoms with van der Waals surface area (Å²) in [5.74, 6) is -1.19. The van der Waals surface area contributed by atoms with Gasteiger partial charge in [0, 0.05) is 18.7 Å². The Labute approximate surface area is 189 Å². The molecule has 1 saturated heterocycles. The number of para-hydroxylation sites is 1. The van der Waals surface area contributed by atoms with Gasteiger partial charge < -0.3 is 15.0 Å². The number of carbonyl (C=O) groups excluding carboxylic acids is 2. The zero-order valence-corrected chi connectivity index (χ0v) is 18.4. The standard InChI is InChI=1S/C21H22F3N3O5S/c1-33(30,31)27(14-19(28)25-18-5-3-2-4-17(18)21(22,23)24)16-8-6-15(7-9-16)20(29)26-10-12-32-13-11-26/h2-9H,10-14H2,1H3,(H,25,28). The summed E-state index contributed by atoms with van der Waals surface area (Å²) in [7, 11) is -3.96. The van der Waals surface area contributed by atoms with E-state index in [1.54, 1.807) is 4.90 Å². The minimum absolute atomic E-state index is 0.0929. The molecular weight excluding hydrogens is 463 g/mol. The predicted octanol–water partition coefficient (Wildman–Crippen LogP) is 2.58. The zero-order valence-electron chi connectivity index (χ0n) is 17.6. The number of morpholine rings is 1. The lowest BCUT2D eigenvalue weighted by atomic mass is 10.1. The molecule has 0 saturated carbocycles. The number of nitrogens with one attached hydrogen (secondary N) is 1. The molecule has 12 heteroatoms. The minimum Gasteiger partial charge on any atom is -0.378 e. The van der Waals surface area contributed by atoms with Crippen molar-refractivity contribution < 1.29 is 35.9 Å². The number of anilines is 2. The number of alkyl halides is 3. The number of rotatable bonds is 6. The number of ether oxygens (including phenoxy) is 1. The van der Waals surface area contributed by atoms with E-state index in [9.17, 15) is 31.2 Å². The van der Waals surface area contributed by atoms with E-state index in [4.69, 9.17) is 4.74 Å². The van der Waals surface area contributed by atoms with Gasteiger partial charge in [-0.25, -0.2) is 8.42 Å². The van der Waals surface area contributed by atoms with Gasteiger partial charge in [0.2, 0.25) is 15.9 Å². The molecule has 8 nitrogen and oxygen atoms in total. The Morgan fingerprint density at radius 2 is 1.67 bits per heavy atom. The van der Waals surface area contributed by atoms with Gasteiger partial charge in [-0.2, -0.15) is 13.2 Å². The molecule has 1 aliphatic heterocycles. The van der Waals surface area contributed by atoms with E-state index in [1.165, 1.54) is 36.4 Å². The molecule has 0 bridgehead atoms. The first-order valence-electron chi connectivity index (χ1n) is 9.87. The normalized spacial score (nSPS) is 14.6. The summed E-state index contributed by atoms with van der Waals surface area (Å²) in [5, 5.41) is 2.12. The molecule has 0 aliphatic carbocycles. The van der Waals surface area contributed by atoms with Crippen LogP contribution in [0.4, 0.5) is 24.5 Å². The summed E-state index contributed by atoms with van der Waals surface area (Å²) in [4.78, 5) is 26.6. The second-order valence-electron chi connectivity index (χ2n) is 7.31. The third-order valence-corrected chi connectivity index (χ3v) is 6.04. The van der Waals surface area contributed by atoms with Crippen LogP contribution in [0.5, 0.6) is 0 Å². The lowest BCUT2D eigenvalue weighted by Gasteiger charge is -2.27. The highest BCUT2D eigenvalue weighted by molar-refractivity contribution is 7.92. The molecule has 0 unspecified atom stereocenters. The molecule has 178 valence electrons. The number of sulfonamides is 1. The molecule has 0 radical (unpaired) electrons. The van der Waals surface area contributed by atoms with E-state index in [2.05, 4.69) is 5.32 Å². The maximum Gasteiger partial charge on any atom is 0.418 e. The largest absolute Gasteiger partial charge is 0.418 e. The predicted molar refractivity (Wildman–Crippen MR) is 115 cm³/mol. The molecule has 3 rings (SSSR count). The Morgan fingerprint density at radius 3 is 2.24 bits per heavy atom. The van der Waals surface area contributed by atoms with Gasteiger partial charge in [-0.15, -0.1) is 0 Å². The number of nitrogens with zero attached hydrogens (tertiary/aromatic N) is 2. The summed E-state index contributed by atoms with van der Waals surface area (Å²) in [6, 6.07) is 10.00. The van der Waals surface area contributed by atoms with E-state index >= 15 is 0 Å². The molecule has 1 N–H and O–H groups in total. The van der Waals surface area contributed by atoms with Gasteiger partial charge in [0.15, 0.2) is 0 Å². The fourth-order valence-corrected chi connectivity index (χ4v) is 4.14. The molecule has 0 atom stereocenters. The van der Waals surface area contributed by atoms with Gasteiger partial charge in [-0.3, -0.25) is 13.9 Å². The van der Waals surface area contributed by atoms with Crippen LogP contribution in [-0.2, 0) is 25.7 Å². The molecule has 0 spiro atoms. The Bertz CT molecular complexity index is 1110. The molecule has 33 heavy (non-hydrogen) atoms. The van der Waals surface area contributed by atoms with Gasteiger partial charge in [-0.05, 0) is 36.4 Å². The molecular formula is C21H22F3N3O5S. The molecule has 0 aromatic heterocycles. The molecule has 2 amide bonds. The number of amides is 2. The van der Waals surface area contributed by atoms with Crippen LogP contribution in [0.3, 0.4) is 0 Å². The van der Waals surface area contributed by atoms with Crippen LogP contribution in [0.1, 0.15) is 15.9 Å². The fraction of sp³-hybridized carbons (Fsp3) is 0.333. The Kier molecular flexibility index (Phi) is 7.28. The molecule has 1 fully saturated rings. The van der Waals surface area contributed by atoms with Crippen LogP contribution >= 0.6 is 0 Å². The SMILES string of the molecule is CS(=O)(=O)N(CC(=O)Nc1ccccc1C(F)(F)F)c1ccc(C(=O)N2CCOCC2)cc1. The average Bonchev–Trinajstić information content (AvgIpc) is 2.76. The van der Waals surface area contributed by atoms with Gasteiger partial charge in [-0.1, -0.05) is 12.1 Å². The Hall–Kier alpha value is -3.12. The number of benzene rings is 2. The van der Waals surface area contributed by atoms with Crippen molar-refractivity contribution in [1.82, 2.24) is 4.90 Å². The van der Waals surface area contributed by atoms with Crippen molar-refractivity contribution in [2.75, 3.05) is 48.7 Å². The molecule has 1 aliphatic rings. The first-order valence-corrected chi connectivity index (χ1v) is 11.7. The number of halogens is 3. The summed E-state index contributed by atoms with van der Waals surface area (Å²) in [6.07, 6.45) is -3.82. The van der Waals surface area contributed by atoms with E-state index in [0.29, 0.717) is 31.9 Å². The number of carbonyl (C=O) groups is 2. The second-order valence-corrected chi connectivity index (χ2v) is 9.22. The fourth-order valence-electron chi connectivity index (χ4n) is 3.28. The Balaban J connectivity index is 1.77.